The van der Waals surface area contributed by atoms with E-state index in [9.17, 15) is 5.11 Å². The predicted molar refractivity (Wildman–Crippen MR) is 52.4 cm³/mol. The molecule has 0 spiro atoms. The molecular weight excluding hydrogens is 184 g/mol. The van der Waals surface area contributed by atoms with Gasteiger partial charge in [-0.25, -0.2) is 0 Å². The van der Waals surface area contributed by atoms with E-state index in [-0.39, 0.29) is 6.61 Å². The Morgan fingerprint density at radius 2 is 1.64 bits per heavy atom. The first-order valence-electron chi connectivity index (χ1n) is 5.08. The van der Waals surface area contributed by atoms with Gasteiger partial charge in [-0.3, -0.25) is 0 Å². The minimum Gasteiger partial charge on any atom is -0.393 e. The molecule has 5 heteroatoms. The van der Waals surface area contributed by atoms with Gasteiger partial charge in [0.1, 0.15) is 5.60 Å². The number of rotatable bonds is 7. The first-order chi connectivity index (χ1) is 6.64. The fourth-order valence-corrected chi connectivity index (χ4v) is 1.79. The van der Waals surface area contributed by atoms with Gasteiger partial charge in [0.2, 0.25) is 0 Å². The smallest absolute Gasteiger partial charge is 0.198 e. The number of nitrogens with two attached hydrogens (primary N) is 2. The van der Waals surface area contributed by atoms with Gasteiger partial charge in [0.25, 0.3) is 0 Å². The summed E-state index contributed by atoms with van der Waals surface area (Å²) in [6.45, 7) is 0.899. The molecule has 0 radical (unpaired) electrons. The zero-order valence-electron chi connectivity index (χ0n) is 8.41. The van der Waals surface area contributed by atoms with Crippen molar-refractivity contribution in [3.63, 3.8) is 0 Å². The van der Waals surface area contributed by atoms with Crippen LogP contribution in [0, 0.1) is 0 Å². The van der Waals surface area contributed by atoms with Gasteiger partial charge in [0, 0.05) is 6.42 Å². The average molecular weight is 204 g/mol. The Labute approximate surface area is 84.0 Å². The van der Waals surface area contributed by atoms with Gasteiger partial charge < -0.3 is 26.4 Å². The van der Waals surface area contributed by atoms with Gasteiger partial charge in [-0.05, 0) is 32.4 Å². The Morgan fingerprint density at radius 1 is 1.07 bits per heavy atom. The Balaban J connectivity index is 2.42. The molecule has 1 rings (SSSR count). The third kappa shape index (κ3) is 2.07. The summed E-state index contributed by atoms with van der Waals surface area (Å²) >= 11 is 0. The van der Waals surface area contributed by atoms with Gasteiger partial charge in [-0.1, -0.05) is 0 Å². The van der Waals surface area contributed by atoms with Crippen molar-refractivity contribution < 1.29 is 14.9 Å². The van der Waals surface area contributed by atoms with Crippen molar-refractivity contribution in [1.29, 1.82) is 0 Å². The maximum atomic E-state index is 9.92. The molecule has 0 amide bonds. The lowest BCUT2D eigenvalue weighted by molar-refractivity contribution is 0.0267. The molecule has 1 fully saturated rings. The van der Waals surface area contributed by atoms with E-state index in [2.05, 4.69) is 0 Å². The van der Waals surface area contributed by atoms with Gasteiger partial charge in [0.15, 0.2) is 5.79 Å². The number of ether oxygens (including phenoxy) is 1. The highest BCUT2D eigenvalue weighted by atomic mass is 16.8. The van der Waals surface area contributed by atoms with E-state index < -0.39 is 11.4 Å². The molecule has 1 aliphatic rings. The lowest BCUT2D eigenvalue weighted by Gasteiger charge is -2.12. The van der Waals surface area contributed by atoms with Crippen LogP contribution in [0.2, 0.25) is 0 Å². The summed E-state index contributed by atoms with van der Waals surface area (Å²) in [6.07, 6.45) is 2.52. The number of aliphatic hydroxyl groups is 2. The van der Waals surface area contributed by atoms with E-state index >= 15 is 0 Å². The summed E-state index contributed by atoms with van der Waals surface area (Å²) in [4.78, 5) is 0. The van der Waals surface area contributed by atoms with Crippen LogP contribution in [0.25, 0.3) is 0 Å². The quantitative estimate of drug-likeness (QED) is 0.395. The summed E-state index contributed by atoms with van der Waals surface area (Å²) in [7, 11) is 0. The Bertz CT molecular complexity index is 191. The monoisotopic (exact) mass is 204 g/mol. The van der Waals surface area contributed by atoms with Crippen molar-refractivity contribution in [2.24, 2.45) is 11.5 Å². The molecule has 1 saturated heterocycles. The second-order valence-corrected chi connectivity index (χ2v) is 3.82. The van der Waals surface area contributed by atoms with Gasteiger partial charge in [0.05, 0.1) is 6.61 Å². The van der Waals surface area contributed by atoms with Crippen molar-refractivity contribution in [2.75, 3.05) is 19.7 Å². The van der Waals surface area contributed by atoms with Crippen molar-refractivity contribution in [2.45, 2.75) is 37.1 Å². The molecular formula is C9H20N2O3. The van der Waals surface area contributed by atoms with Crippen LogP contribution in [-0.4, -0.2) is 41.3 Å². The summed E-state index contributed by atoms with van der Waals surface area (Å²) in [5, 5.41) is 19.1. The van der Waals surface area contributed by atoms with Crippen molar-refractivity contribution in [3.05, 3.63) is 0 Å². The highest BCUT2D eigenvalue weighted by Crippen LogP contribution is 2.51. The first-order valence-corrected chi connectivity index (χ1v) is 5.08. The van der Waals surface area contributed by atoms with Crippen LogP contribution in [0.4, 0.5) is 0 Å². The molecule has 1 heterocycles. The molecule has 2 atom stereocenters. The molecule has 0 aromatic carbocycles. The summed E-state index contributed by atoms with van der Waals surface area (Å²) in [5.41, 5.74) is 9.94. The number of hydrogen-bond acceptors (Lipinski definition) is 5. The summed E-state index contributed by atoms with van der Waals surface area (Å²) in [5.74, 6) is -1.17. The molecule has 0 aliphatic carbocycles. The average Bonchev–Trinajstić information content (AvgIpc) is 2.79. The number of hydrogen-bond donors (Lipinski definition) is 4. The van der Waals surface area contributed by atoms with E-state index in [0.29, 0.717) is 32.4 Å². The van der Waals surface area contributed by atoms with Gasteiger partial charge in [-0.2, -0.15) is 0 Å². The number of epoxide rings is 1. The van der Waals surface area contributed by atoms with Crippen LogP contribution < -0.4 is 11.5 Å². The Hall–Kier alpha value is -0.200. The molecule has 5 nitrogen and oxygen atoms in total. The molecule has 14 heavy (non-hydrogen) atoms. The third-order valence-electron chi connectivity index (χ3n) is 2.79. The second kappa shape index (κ2) is 4.55. The normalized spacial score (nSPS) is 36.0. The maximum Gasteiger partial charge on any atom is 0.198 e. The van der Waals surface area contributed by atoms with Gasteiger partial charge >= 0.3 is 0 Å². The largest absolute Gasteiger partial charge is 0.393 e. The summed E-state index contributed by atoms with van der Waals surface area (Å²) in [6, 6.07) is 0. The van der Waals surface area contributed by atoms with E-state index in [4.69, 9.17) is 21.3 Å². The minimum absolute atomic E-state index is 0.159. The second-order valence-electron chi connectivity index (χ2n) is 3.82. The summed E-state index contributed by atoms with van der Waals surface area (Å²) < 4.78 is 5.24. The van der Waals surface area contributed by atoms with Crippen LogP contribution in [0.15, 0.2) is 0 Å². The zero-order chi connectivity index (χ0) is 10.7. The first kappa shape index (κ1) is 11.9. The Morgan fingerprint density at radius 3 is 2.14 bits per heavy atom. The highest BCUT2D eigenvalue weighted by molar-refractivity contribution is 5.08. The molecule has 84 valence electrons. The SMILES string of the molecule is NCCCC1(O)OC1(CO)CCCN. The van der Waals surface area contributed by atoms with E-state index in [1.165, 1.54) is 0 Å². The highest BCUT2D eigenvalue weighted by Gasteiger charge is 2.68. The molecule has 2 unspecified atom stereocenters. The minimum atomic E-state index is -1.17. The standard InChI is InChI=1S/C9H20N2O3/c10-5-1-3-8(7-12)9(13,14-8)4-2-6-11/h12-13H,1-7,10-11H2. The molecule has 6 N–H and O–H groups in total. The van der Waals surface area contributed by atoms with Crippen LogP contribution >= 0.6 is 0 Å². The molecule has 1 aliphatic heterocycles. The van der Waals surface area contributed by atoms with Crippen LogP contribution in [0.1, 0.15) is 25.7 Å². The number of aliphatic hydroxyl groups excluding tert-OH is 1. The molecule has 0 aromatic rings. The third-order valence-corrected chi connectivity index (χ3v) is 2.79. The van der Waals surface area contributed by atoms with Gasteiger partial charge in [-0.15, -0.1) is 0 Å². The van der Waals surface area contributed by atoms with Crippen molar-refractivity contribution >= 4 is 0 Å². The van der Waals surface area contributed by atoms with E-state index in [0.717, 1.165) is 6.42 Å². The van der Waals surface area contributed by atoms with Crippen LogP contribution in [-0.2, 0) is 4.74 Å². The van der Waals surface area contributed by atoms with Crippen LogP contribution in [0.5, 0.6) is 0 Å². The Kier molecular flexibility index (Phi) is 3.86. The fourth-order valence-electron chi connectivity index (χ4n) is 1.79. The lowest BCUT2D eigenvalue weighted by atomic mass is 9.94. The van der Waals surface area contributed by atoms with Crippen molar-refractivity contribution in [1.82, 2.24) is 0 Å². The molecule has 0 saturated carbocycles. The molecule has 0 bridgehead atoms. The van der Waals surface area contributed by atoms with Crippen LogP contribution in [0.3, 0.4) is 0 Å². The van der Waals surface area contributed by atoms with Crippen molar-refractivity contribution in [3.8, 4) is 0 Å². The van der Waals surface area contributed by atoms with E-state index in [1.54, 1.807) is 0 Å². The maximum absolute atomic E-state index is 9.92. The fraction of sp³-hybridized carbons (Fsp3) is 1.00. The van der Waals surface area contributed by atoms with E-state index in [1.807, 2.05) is 0 Å². The molecule has 0 aromatic heterocycles. The topological polar surface area (TPSA) is 105 Å². The lowest BCUT2D eigenvalue weighted by Crippen LogP contribution is -2.30. The predicted octanol–water partition coefficient (Wildman–Crippen LogP) is -1.09. The zero-order valence-corrected chi connectivity index (χ0v) is 8.41.